The van der Waals surface area contributed by atoms with Crippen LogP contribution in [-0.2, 0) is 21.8 Å². The summed E-state index contributed by atoms with van der Waals surface area (Å²) in [6.45, 7) is 2.72. The van der Waals surface area contributed by atoms with Gasteiger partial charge >= 0.3 is 0 Å². The zero-order chi connectivity index (χ0) is 25.3. The topological polar surface area (TPSA) is 88.9 Å². The number of aromatic nitrogens is 1. The number of nitrogens with zero attached hydrogens (tertiary/aromatic N) is 3. The van der Waals surface area contributed by atoms with E-state index in [1.807, 2.05) is 0 Å². The largest absolute Gasteiger partial charge is 0.376 e. The predicted molar refractivity (Wildman–Crippen MR) is 139 cm³/mol. The normalized spacial score (nSPS) is 22.9. The van der Waals surface area contributed by atoms with Crippen molar-refractivity contribution >= 4 is 26.8 Å². The van der Waals surface area contributed by atoms with Crippen LogP contribution in [0.2, 0.25) is 0 Å². The lowest BCUT2D eigenvalue weighted by atomic mass is 9.93. The molecule has 1 aliphatic carbocycles. The zero-order valence-corrected chi connectivity index (χ0v) is 21.7. The van der Waals surface area contributed by atoms with Gasteiger partial charge in [-0.3, -0.25) is 9.59 Å². The third kappa shape index (κ3) is 5.01. The number of hydrogen-bond acceptors (Lipinski definition) is 5. The van der Waals surface area contributed by atoms with Crippen LogP contribution in [0.15, 0.2) is 46.2 Å². The van der Waals surface area contributed by atoms with Crippen molar-refractivity contribution in [3.05, 3.63) is 52.3 Å². The molecule has 3 heterocycles. The molecule has 0 radical (unpaired) electrons. The summed E-state index contributed by atoms with van der Waals surface area (Å²) in [5, 5.41) is 0.251. The molecule has 0 saturated carbocycles. The maximum Gasteiger partial charge on any atom is 0.259 e. The zero-order valence-electron chi connectivity index (χ0n) is 20.9. The molecule has 5 rings (SSSR count). The predicted octanol–water partition coefficient (Wildman–Crippen LogP) is 3.30. The molecule has 3 aliphatic rings. The van der Waals surface area contributed by atoms with Crippen molar-refractivity contribution in [2.75, 3.05) is 32.8 Å². The molecule has 194 valence electrons. The number of ether oxygens (including phenoxy) is 1. The van der Waals surface area contributed by atoms with Gasteiger partial charge in [0, 0.05) is 51.4 Å². The van der Waals surface area contributed by atoms with Gasteiger partial charge in [0.25, 0.3) is 5.91 Å². The molecular formula is C27H35N3O5S. The van der Waals surface area contributed by atoms with E-state index in [0.29, 0.717) is 44.2 Å². The SMILES string of the molecule is Cn1cc(C(=O)N(C[C@@H]2CC=CCC2)C[C@@H]2CCCO2)c(=O)c2cc(S(=O)(=O)N3CCCC3)ccc21. The first-order valence-corrected chi connectivity index (χ1v) is 14.5. The van der Waals surface area contributed by atoms with Gasteiger partial charge in [-0.05, 0) is 69.1 Å². The van der Waals surface area contributed by atoms with Crippen LogP contribution in [-0.4, -0.2) is 67.0 Å². The molecule has 0 spiro atoms. The molecule has 9 heteroatoms. The van der Waals surface area contributed by atoms with Gasteiger partial charge in [0.05, 0.1) is 16.5 Å². The van der Waals surface area contributed by atoms with Gasteiger partial charge in [-0.15, -0.1) is 0 Å². The summed E-state index contributed by atoms with van der Waals surface area (Å²) in [6.07, 6.45) is 12.4. The number of pyridine rings is 1. The van der Waals surface area contributed by atoms with Crippen LogP contribution in [0.5, 0.6) is 0 Å². The minimum Gasteiger partial charge on any atom is -0.376 e. The Kier molecular flexibility index (Phi) is 7.32. The number of sulfonamides is 1. The first-order chi connectivity index (χ1) is 17.3. The molecule has 1 amide bonds. The average Bonchev–Trinajstić information content (AvgIpc) is 3.61. The second kappa shape index (κ2) is 10.5. The lowest BCUT2D eigenvalue weighted by molar-refractivity contribution is 0.0482. The molecule has 2 aliphatic heterocycles. The molecule has 8 nitrogen and oxygen atoms in total. The van der Waals surface area contributed by atoms with E-state index in [2.05, 4.69) is 12.2 Å². The number of aryl methyl sites for hydroxylation is 1. The van der Waals surface area contributed by atoms with E-state index in [0.717, 1.165) is 44.9 Å². The Morgan fingerprint density at radius 2 is 1.92 bits per heavy atom. The quantitative estimate of drug-likeness (QED) is 0.530. The standard InChI is InChI=1S/C27H35N3O5S/c1-28-19-24(27(32)29(18-21-10-7-15-35-21)17-20-8-3-2-4-9-20)26(31)23-16-22(11-12-25(23)28)36(33,34)30-13-5-6-14-30/h2-3,11-12,16,19-21H,4-10,13-15,17-18H2,1H3/t20-,21+/m1/s1. The molecule has 1 aromatic heterocycles. The maximum absolute atomic E-state index is 13.8. The van der Waals surface area contributed by atoms with E-state index in [4.69, 9.17) is 4.74 Å². The van der Waals surface area contributed by atoms with Gasteiger partial charge in [0.1, 0.15) is 5.56 Å². The fourth-order valence-corrected chi connectivity index (χ4v) is 7.18. The third-order valence-electron chi connectivity index (χ3n) is 7.68. The van der Waals surface area contributed by atoms with Gasteiger partial charge in [0.2, 0.25) is 15.5 Å². The number of carbonyl (C=O) groups is 1. The van der Waals surface area contributed by atoms with Crippen LogP contribution in [0, 0.1) is 5.92 Å². The van der Waals surface area contributed by atoms with Crippen molar-refractivity contribution < 1.29 is 17.9 Å². The van der Waals surface area contributed by atoms with Gasteiger partial charge in [0.15, 0.2) is 0 Å². The second-order valence-corrected chi connectivity index (χ2v) is 12.2. The van der Waals surface area contributed by atoms with Crippen molar-refractivity contribution in [3.8, 4) is 0 Å². The summed E-state index contributed by atoms with van der Waals surface area (Å²) < 4.78 is 35.3. The van der Waals surface area contributed by atoms with Gasteiger partial charge in [-0.2, -0.15) is 4.31 Å². The monoisotopic (exact) mass is 513 g/mol. The van der Waals surface area contributed by atoms with E-state index in [9.17, 15) is 18.0 Å². The smallest absolute Gasteiger partial charge is 0.259 e. The van der Waals surface area contributed by atoms with Crippen molar-refractivity contribution in [1.82, 2.24) is 13.8 Å². The highest BCUT2D eigenvalue weighted by Gasteiger charge is 2.30. The molecule has 2 fully saturated rings. The number of fused-ring (bicyclic) bond motifs is 1. The highest BCUT2D eigenvalue weighted by atomic mass is 32.2. The Hall–Kier alpha value is -2.49. The minimum atomic E-state index is -3.68. The molecule has 2 atom stereocenters. The van der Waals surface area contributed by atoms with E-state index in [-0.39, 0.29) is 27.9 Å². The van der Waals surface area contributed by atoms with Gasteiger partial charge in [-0.1, -0.05) is 12.2 Å². The minimum absolute atomic E-state index is 0.0189. The number of hydrogen-bond donors (Lipinski definition) is 0. The molecule has 2 aromatic rings. The summed E-state index contributed by atoms with van der Waals surface area (Å²) in [5.41, 5.74) is 0.248. The Labute approximate surface area is 212 Å². The molecule has 1 aromatic carbocycles. The summed E-state index contributed by atoms with van der Waals surface area (Å²) in [6, 6.07) is 4.65. The number of allylic oxidation sites excluding steroid dienone is 2. The number of rotatable bonds is 7. The van der Waals surface area contributed by atoms with Crippen molar-refractivity contribution in [2.45, 2.75) is 55.9 Å². The van der Waals surface area contributed by atoms with E-state index < -0.39 is 15.5 Å². The summed E-state index contributed by atoms with van der Waals surface area (Å²) >= 11 is 0. The van der Waals surface area contributed by atoms with E-state index >= 15 is 0 Å². The lowest BCUT2D eigenvalue weighted by Crippen LogP contribution is -2.42. The Bertz CT molecular complexity index is 1320. The Morgan fingerprint density at radius 1 is 1.11 bits per heavy atom. The summed E-state index contributed by atoms with van der Waals surface area (Å²) in [5.74, 6) is 0.0391. The van der Waals surface area contributed by atoms with Crippen molar-refractivity contribution in [1.29, 1.82) is 0 Å². The summed E-state index contributed by atoms with van der Waals surface area (Å²) in [4.78, 5) is 29.4. The molecule has 2 saturated heterocycles. The van der Waals surface area contributed by atoms with Crippen molar-refractivity contribution in [3.63, 3.8) is 0 Å². The molecule has 0 N–H and O–H groups in total. The van der Waals surface area contributed by atoms with Crippen molar-refractivity contribution in [2.24, 2.45) is 13.0 Å². The number of carbonyl (C=O) groups excluding carboxylic acids is 1. The highest BCUT2D eigenvalue weighted by Crippen LogP contribution is 2.25. The average molecular weight is 514 g/mol. The van der Waals surface area contributed by atoms with Crippen LogP contribution >= 0.6 is 0 Å². The van der Waals surface area contributed by atoms with Crippen LogP contribution in [0.3, 0.4) is 0 Å². The first-order valence-electron chi connectivity index (χ1n) is 13.0. The Morgan fingerprint density at radius 3 is 2.61 bits per heavy atom. The first kappa shape index (κ1) is 25.2. The molecule has 36 heavy (non-hydrogen) atoms. The molecule has 0 bridgehead atoms. The van der Waals surface area contributed by atoms with Crippen LogP contribution < -0.4 is 5.43 Å². The van der Waals surface area contributed by atoms with Crippen LogP contribution in [0.4, 0.5) is 0 Å². The number of amides is 1. The van der Waals surface area contributed by atoms with Gasteiger partial charge < -0.3 is 14.2 Å². The third-order valence-corrected chi connectivity index (χ3v) is 9.58. The molecular weight excluding hydrogens is 478 g/mol. The lowest BCUT2D eigenvalue weighted by Gasteiger charge is -2.30. The molecule has 0 unspecified atom stereocenters. The second-order valence-electron chi connectivity index (χ2n) is 10.3. The van der Waals surface area contributed by atoms with E-state index in [1.165, 1.54) is 10.4 Å². The van der Waals surface area contributed by atoms with Crippen LogP contribution in [0.25, 0.3) is 10.9 Å². The van der Waals surface area contributed by atoms with E-state index in [1.54, 1.807) is 34.8 Å². The van der Waals surface area contributed by atoms with Crippen LogP contribution in [0.1, 0.15) is 55.3 Å². The summed E-state index contributed by atoms with van der Waals surface area (Å²) in [7, 11) is -1.90. The fraction of sp³-hybridized carbons (Fsp3) is 0.556. The maximum atomic E-state index is 13.8. The Balaban J connectivity index is 1.51. The fourth-order valence-electron chi connectivity index (χ4n) is 5.64. The number of benzene rings is 1. The highest BCUT2D eigenvalue weighted by molar-refractivity contribution is 7.89. The van der Waals surface area contributed by atoms with Gasteiger partial charge in [-0.25, -0.2) is 8.42 Å².